The highest BCUT2D eigenvalue weighted by molar-refractivity contribution is 6.83. The van der Waals surface area contributed by atoms with E-state index in [2.05, 4.69) is 36.1 Å². The summed E-state index contributed by atoms with van der Waals surface area (Å²) in [7, 11) is -1.49. The maximum Gasteiger partial charge on any atom is 0.158 e. The molecule has 0 unspecified atom stereocenters. The first-order valence-electron chi connectivity index (χ1n) is 8.31. The van der Waals surface area contributed by atoms with Gasteiger partial charge < -0.3 is 0 Å². The second-order valence-corrected chi connectivity index (χ2v) is 12.0. The van der Waals surface area contributed by atoms with Crippen LogP contribution in [0.5, 0.6) is 0 Å². The van der Waals surface area contributed by atoms with Crippen molar-refractivity contribution in [3.63, 3.8) is 0 Å². The summed E-state index contributed by atoms with van der Waals surface area (Å²) in [4.78, 5) is 16.4. The molecule has 2 nitrogen and oxygen atoms in total. The molecule has 0 N–H and O–H groups in total. The van der Waals surface area contributed by atoms with Gasteiger partial charge in [-0.15, -0.1) is 5.54 Å². The van der Waals surface area contributed by atoms with E-state index in [1.807, 2.05) is 18.2 Å². The number of rotatable bonds is 1. The Hall–Kier alpha value is -2.51. The van der Waals surface area contributed by atoms with E-state index in [1.54, 1.807) is 18.2 Å². The van der Waals surface area contributed by atoms with E-state index in [0.717, 1.165) is 16.7 Å². The highest BCUT2D eigenvalue weighted by Crippen LogP contribution is 2.22. The van der Waals surface area contributed by atoms with Gasteiger partial charge in [0, 0.05) is 23.1 Å². The molecule has 0 amide bonds. The Morgan fingerprint density at radius 1 is 1.08 bits per heavy atom. The summed E-state index contributed by atoms with van der Waals surface area (Å²) in [5.41, 5.74) is 6.86. The van der Waals surface area contributed by atoms with Gasteiger partial charge in [-0.2, -0.15) is 0 Å². The summed E-state index contributed by atoms with van der Waals surface area (Å²) in [5, 5.41) is 0. The number of fused-ring (bicyclic) bond motifs is 1. The van der Waals surface area contributed by atoms with Crippen LogP contribution < -0.4 is 0 Å². The van der Waals surface area contributed by atoms with Gasteiger partial charge in [-0.3, -0.25) is 9.79 Å². The highest BCUT2D eigenvalue weighted by Gasteiger charge is 2.20. The zero-order valence-corrected chi connectivity index (χ0v) is 15.7. The Bertz CT molecular complexity index is 929. The van der Waals surface area contributed by atoms with E-state index in [1.165, 1.54) is 6.07 Å². The first kappa shape index (κ1) is 17.3. The molecule has 4 heteroatoms. The molecule has 0 saturated carbocycles. The van der Waals surface area contributed by atoms with Crippen molar-refractivity contribution in [1.29, 1.82) is 0 Å². The van der Waals surface area contributed by atoms with E-state index in [9.17, 15) is 9.18 Å². The molecule has 2 aromatic carbocycles. The molecule has 1 aliphatic heterocycles. The molecule has 25 heavy (non-hydrogen) atoms. The predicted molar refractivity (Wildman–Crippen MR) is 102 cm³/mol. The van der Waals surface area contributed by atoms with Crippen molar-refractivity contribution in [1.82, 2.24) is 0 Å². The minimum Gasteiger partial charge on any atom is -0.297 e. The van der Waals surface area contributed by atoms with Crippen molar-refractivity contribution in [3.05, 3.63) is 70.5 Å². The first-order chi connectivity index (χ1) is 11.8. The number of Topliss-reactive ketones (excluding diaryl/α,β-unsaturated/α-hetero) is 1. The fraction of sp³-hybridized carbons (Fsp3) is 0.238. The Kier molecular flexibility index (Phi) is 4.69. The van der Waals surface area contributed by atoms with Gasteiger partial charge in [0.25, 0.3) is 0 Å². The van der Waals surface area contributed by atoms with Crippen LogP contribution in [-0.4, -0.2) is 26.1 Å². The molecule has 2 aromatic rings. The number of nitrogens with zero attached hydrogens (tertiary/aromatic N) is 1. The minimum absolute atomic E-state index is 0.0357. The van der Waals surface area contributed by atoms with Gasteiger partial charge in [0.05, 0.1) is 12.3 Å². The van der Waals surface area contributed by atoms with Gasteiger partial charge in [0.1, 0.15) is 13.9 Å². The van der Waals surface area contributed by atoms with Gasteiger partial charge in [-0.25, -0.2) is 4.39 Å². The number of halogens is 1. The summed E-state index contributed by atoms with van der Waals surface area (Å²) in [6.07, 6.45) is 0.318. The number of hydrogen-bond donors (Lipinski definition) is 0. The van der Waals surface area contributed by atoms with E-state index in [0.29, 0.717) is 17.7 Å². The molecule has 1 aliphatic rings. The highest BCUT2D eigenvalue weighted by atomic mass is 28.3. The van der Waals surface area contributed by atoms with E-state index < -0.39 is 8.07 Å². The number of benzene rings is 2. The molecule has 0 bridgehead atoms. The van der Waals surface area contributed by atoms with Crippen molar-refractivity contribution in [2.24, 2.45) is 4.99 Å². The molecule has 3 rings (SSSR count). The number of ketones is 1. The van der Waals surface area contributed by atoms with Gasteiger partial charge in [0.2, 0.25) is 0 Å². The maximum absolute atomic E-state index is 14.3. The summed E-state index contributed by atoms with van der Waals surface area (Å²) in [6.45, 7) is 6.64. The van der Waals surface area contributed by atoms with E-state index >= 15 is 0 Å². The second-order valence-electron chi connectivity index (χ2n) is 7.23. The third kappa shape index (κ3) is 4.12. The van der Waals surface area contributed by atoms with Crippen molar-refractivity contribution in [2.45, 2.75) is 26.1 Å². The largest absolute Gasteiger partial charge is 0.297 e. The lowest BCUT2D eigenvalue weighted by Gasteiger charge is -2.11. The summed E-state index contributed by atoms with van der Waals surface area (Å²) in [6, 6.07) is 12.3. The molecular weight excluding hydrogens is 329 g/mol. The van der Waals surface area contributed by atoms with Crippen molar-refractivity contribution >= 4 is 19.6 Å². The summed E-state index contributed by atoms with van der Waals surface area (Å²) >= 11 is 0. The Balaban J connectivity index is 2.15. The molecule has 0 saturated heterocycles. The van der Waals surface area contributed by atoms with Crippen LogP contribution in [0.3, 0.4) is 0 Å². The summed E-state index contributed by atoms with van der Waals surface area (Å²) < 4.78 is 14.3. The average Bonchev–Trinajstić information content (AvgIpc) is 2.71. The normalized spacial score (nSPS) is 14.1. The molecule has 0 spiro atoms. The molecular formula is C21H20FNOSi. The molecule has 1 heterocycles. The van der Waals surface area contributed by atoms with Crippen LogP contribution in [0.15, 0.2) is 47.5 Å². The molecule has 0 atom stereocenters. The molecule has 0 aromatic heterocycles. The van der Waals surface area contributed by atoms with Crippen LogP contribution in [-0.2, 0) is 11.2 Å². The molecule has 0 aliphatic carbocycles. The number of carbonyl (C=O) groups is 1. The number of carbonyl (C=O) groups excluding carboxylic acids is 1. The van der Waals surface area contributed by atoms with Gasteiger partial charge in [0.15, 0.2) is 5.78 Å². The number of hydrogen-bond acceptors (Lipinski definition) is 2. The molecule has 0 radical (unpaired) electrons. The first-order valence-corrected chi connectivity index (χ1v) is 11.8. The third-order valence-electron chi connectivity index (χ3n) is 3.88. The van der Waals surface area contributed by atoms with Crippen molar-refractivity contribution < 1.29 is 9.18 Å². The summed E-state index contributed by atoms with van der Waals surface area (Å²) in [5.74, 6) is 2.93. The van der Waals surface area contributed by atoms with Crippen LogP contribution in [0.4, 0.5) is 4.39 Å². The number of aliphatic imine (C=N–C) groups is 1. The monoisotopic (exact) mass is 349 g/mol. The lowest BCUT2D eigenvalue weighted by molar-refractivity contribution is -0.117. The lowest BCUT2D eigenvalue weighted by atomic mass is 9.94. The van der Waals surface area contributed by atoms with Gasteiger partial charge in [-0.05, 0) is 29.8 Å². The zero-order valence-electron chi connectivity index (χ0n) is 14.7. The molecule has 126 valence electrons. The fourth-order valence-electron chi connectivity index (χ4n) is 2.69. The van der Waals surface area contributed by atoms with Crippen LogP contribution in [0, 0.1) is 17.3 Å². The van der Waals surface area contributed by atoms with Crippen molar-refractivity contribution in [2.75, 3.05) is 6.54 Å². The van der Waals surface area contributed by atoms with Crippen molar-refractivity contribution in [3.8, 4) is 11.5 Å². The zero-order chi connectivity index (χ0) is 18.0. The smallest absolute Gasteiger partial charge is 0.158 e. The third-order valence-corrected chi connectivity index (χ3v) is 4.75. The fourth-order valence-corrected chi connectivity index (χ4v) is 3.21. The van der Waals surface area contributed by atoms with E-state index in [4.69, 9.17) is 0 Å². The quantitative estimate of drug-likeness (QED) is 0.565. The van der Waals surface area contributed by atoms with Crippen LogP contribution >= 0.6 is 0 Å². The molecule has 0 fully saturated rings. The average molecular weight is 349 g/mol. The SMILES string of the molecule is C[Si](C)(C)C#Cc1ccc2c(c1)C(c1ccccc1F)=NCC(=O)C2. The van der Waals surface area contributed by atoms with Gasteiger partial charge >= 0.3 is 0 Å². The maximum atomic E-state index is 14.3. The van der Waals surface area contributed by atoms with E-state index in [-0.39, 0.29) is 18.1 Å². The standard InChI is InChI=1S/C21H20FNOSi/c1-25(2,3)11-10-15-8-9-16-13-17(24)14-23-21(19(16)12-15)18-6-4-5-7-20(18)22/h4-9,12H,13-14H2,1-3H3. The topological polar surface area (TPSA) is 29.4 Å². The van der Waals surface area contributed by atoms with Gasteiger partial charge in [-0.1, -0.05) is 43.8 Å². The Morgan fingerprint density at radius 2 is 1.84 bits per heavy atom. The van der Waals surface area contributed by atoms with Crippen LogP contribution in [0.1, 0.15) is 22.3 Å². The Morgan fingerprint density at radius 3 is 2.56 bits per heavy atom. The second kappa shape index (κ2) is 6.77. The lowest BCUT2D eigenvalue weighted by Crippen LogP contribution is -2.16. The Labute approximate surface area is 148 Å². The van der Waals surface area contributed by atoms with Crippen LogP contribution in [0.2, 0.25) is 19.6 Å². The minimum atomic E-state index is -1.49. The van der Waals surface area contributed by atoms with Crippen LogP contribution in [0.25, 0.3) is 0 Å². The predicted octanol–water partition coefficient (Wildman–Crippen LogP) is 4.02.